The van der Waals surface area contributed by atoms with Crippen molar-refractivity contribution in [2.24, 2.45) is 0 Å². The third-order valence-electron chi connectivity index (χ3n) is 4.73. The number of hydrogen-bond donors (Lipinski definition) is 0. The van der Waals surface area contributed by atoms with Crippen molar-refractivity contribution < 1.29 is 23.4 Å². The van der Waals surface area contributed by atoms with Crippen molar-refractivity contribution in [3.05, 3.63) is 69.6 Å². The van der Waals surface area contributed by atoms with Crippen LogP contribution in [0.3, 0.4) is 0 Å². The van der Waals surface area contributed by atoms with Crippen LogP contribution in [0.15, 0.2) is 51.7 Å². The normalized spacial score (nSPS) is 10.7. The maximum absolute atomic E-state index is 12.4. The summed E-state index contributed by atoms with van der Waals surface area (Å²) in [5.74, 6) is 1.01. The summed E-state index contributed by atoms with van der Waals surface area (Å²) in [6.07, 6.45) is 0.431. The molecule has 6 heteroatoms. The van der Waals surface area contributed by atoms with Gasteiger partial charge >= 0.3 is 11.6 Å². The minimum atomic E-state index is -0.443. The van der Waals surface area contributed by atoms with E-state index in [1.54, 1.807) is 20.1 Å². The van der Waals surface area contributed by atoms with Crippen LogP contribution in [-0.4, -0.2) is 19.7 Å². The van der Waals surface area contributed by atoms with E-state index in [0.29, 0.717) is 30.1 Å². The van der Waals surface area contributed by atoms with E-state index in [-0.39, 0.29) is 18.8 Å². The quantitative estimate of drug-likeness (QED) is 0.420. The first-order chi connectivity index (χ1) is 14.0. The van der Waals surface area contributed by atoms with Gasteiger partial charge in [-0.1, -0.05) is 18.2 Å². The Bertz CT molecular complexity index is 1070. The van der Waals surface area contributed by atoms with Gasteiger partial charge in [0.05, 0.1) is 13.7 Å². The molecule has 0 aliphatic heterocycles. The second-order valence-corrected chi connectivity index (χ2v) is 6.56. The van der Waals surface area contributed by atoms with Crippen molar-refractivity contribution >= 4 is 16.9 Å². The SMILES string of the molecule is CCOC(=O)CCc1c(C)c2ccc(OCc3ccccc3OC)cc2oc1=O. The fourth-order valence-corrected chi connectivity index (χ4v) is 3.20. The summed E-state index contributed by atoms with van der Waals surface area (Å²) < 4.78 is 21.6. The summed E-state index contributed by atoms with van der Waals surface area (Å²) >= 11 is 0. The summed E-state index contributed by atoms with van der Waals surface area (Å²) in [6, 6.07) is 13.0. The Morgan fingerprint density at radius 3 is 2.69 bits per heavy atom. The zero-order chi connectivity index (χ0) is 20.8. The molecule has 0 radical (unpaired) electrons. The number of aryl methyl sites for hydroxylation is 1. The molecule has 3 rings (SSSR count). The van der Waals surface area contributed by atoms with Crippen molar-refractivity contribution in [3.8, 4) is 11.5 Å². The molecule has 6 nitrogen and oxygen atoms in total. The predicted octanol–water partition coefficient (Wildman–Crippen LogP) is 4.18. The maximum Gasteiger partial charge on any atom is 0.339 e. The van der Waals surface area contributed by atoms with Gasteiger partial charge in [0.1, 0.15) is 23.7 Å². The van der Waals surface area contributed by atoms with Gasteiger partial charge in [0.15, 0.2) is 0 Å². The fraction of sp³-hybridized carbons (Fsp3) is 0.304. The largest absolute Gasteiger partial charge is 0.496 e. The first-order valence-corrected chi connectivity index (χ1v) is 9.50. The van der Waals surface area contributed by atoms with E-state index < -0.39 is 5.63 Å². The van der Waals surface area contributed by atoms with Crippen LogP contribution in [0.1, 0.15) is 30.0 Å². The molecule has 1 heterocycles. The van der Waals surface area contributed by atoms with Crippen molar-refractivity contribution in [2.75, 3.05) is 13.7 Å². The second kappa shape index (κ2) is 9.28. The predicted molar refractivity (Wildman–Crippen MR) is 110 cm³/mol. The summed E-state index contributed by atoms with van der Waals surface area (Å²) in [5.41, 5.74) is 2.22. The first-order valence-electron chi connectivity index (χ1n) is 9.50. The summed E-state index contributed by atoms with van der Waals surface area (Å²) in [5, 5.41) is 0.813. The van der Waals surface area contributed by atoms with Gasteiger partial charge in [0.25, 0.3) is 0 Å². The topological polar surface area (TPSA) is 75.0 Å². The number of benzene rings is 2. The molecule has 0 unspecified atom stereocenters. The molecule has 0 fully saturated rings. The summed E-state index contributed by atoms with van der Waals surface area (Å²) in [7, 11) is 1.62. The fourth-order valence-electron chi connectivity index (χ4n) is 3.20. The van der Waals surface area contributed by atoms with Crippen molar-refractivity contribution in [1.82, 2.24) is 0 Å². The highest BCUT2D eigenvalue weighted by Crippen LogP contribution is 2.26. The van der Waals surface area contributed by atoms with Crippen LogP contribution in [0.5, 0.6) is 11.5 Å². The van der Waals surface area contributed by atoms with Crippen LogP contribution >= 0.6 is 0 Å². The molecule has 3 aromatic rings. The van der Waals surface area contributed by atoms with E-state index in [4.69, 9.17) is 18.6 Å². The van der Waals surface area contributed by atoms with E-state index in [1.165, 1.54) is 0 Å². The molecule has 2 aromatic carbocycles. The maximum atomic E-state index is 12.4. The van der Waals surface area contributed by atoms with Crippen LogP contribution in [0.2, 0.25) is 0 Å². The number of fused-ring (bicyclic) bond motifs is 1. The lowest BCUT2D eigenvalue weighted by atomic mass is 10.0. The summed E-state index contributed by atoms with van der Waals surface area (Å²) in [6.45, 7) is 4.26. The van der Waals surface area contributed by atoms with Crippen LogP contribution in [0, 0.1) is 6.92 Å². The highest BCUT2D eigenvalue weighted by molar-refractivity contribution is 5.82. The molecule has 0 bridgehead atoms. The Morgan fingerprint density at radius 1 is 1.14 bits per heavy atom. The standard InChI is InChI=1S/C23H24O6/c1-4-27-22(24)12-11-19-15(2)18-10-9-17(13-21(18)29-23(19)25)28-14-16-7-5-6-8-20(16)26-3/h5-10,13H,4,11-12,14H2,1-3H3. The first kappa shape index (κ1) is 20.5. The Balaban J connectivity index is 1.80. The molecule has 0 amide bonds. The number of rotatable bonds is 8. The molecule has 0 saturated carbocycles. The van der Waals surface area contributed by atoms with Gasteiger partial charge in [-0.3, -0.25) is 4.79 Å². The Hall–Kier alpha value is -3.28. The number of hydrogen-bond acceptors (Lipinski definition) is 6. The zero-order valence-corrected chi connectivity index (χ0v) is 16.8. The smallest absolute Gasteiger partial charge is 0.339 e. The Labute approximate surface area is 169 Å². The second-order valence-electron chi connectivity index (χ2n) is 6.56. The number of ether oxygens (including phenoxy) is 3. The zero-order valence-electron chi connectivity index (χ0n) is 16.8. The van der Waals surface area contributed by atoms with Gasteiger partial charge in [-0.05, 0) is 44.0 Å². The van der Waals surface area contributed by atoms with Gasteiger partial charge in [0, 0.05) is 29.0 Å². The van der Waals surface area contributed by atoms with Gasteiger partial charge < -0.3 is 18.6 Å². The third kappa shape index (κ3) is 4.77. The number of para-hydroxylation sites is 1. The molecule has 0 aliphatic carbocycles. The molecule has 0 saturated heterocycles. The number of carbonyl (C=O) groups excluding carboxylic acids is 1. The number of esters is 1. The lowest BCUT2D eigenvalue weighted by molar-refractivity contribution is -0.143. The van der Waals surface area contributed by atoms with Crippen LogP contribution in [0.4, 0.5) is 0 Å². The molecule has 1 aromatic heterocycles. The molecular formula is C23H24O6. The molecule has 29 heavy (non-hydrogen) atoms. The van der Waals surface area contributed by atoms with Crippen LogP contribution < -0.4 is 15.1 Å². The lowest BCUT2D eigenvalue weighted by Crippen LogP contribution is -2.13. The minimum Gasteiger partial charge on any atom is -0.496 e. The van der Waals surface area contributed by atoms with Crippen molar-refractivity contribution in [2.45, 2.75) is 33.3 Å². The average molecular weight is 396 g/mol. The van der Waals surface area contributed by atoms with Crippen molar-refractivity contribution in [3.63, 3.8) is 0 Å². The van der Waals surface area contributed by atoms with E-state index in [2.05, 4.69) is 0 Å². The lowest BCUT2D eigenvalue weighted by Gasteiger charge is -2.12. The molecule has 0 atom stereocenters. The molecular weight excluding hydrogens is 372 g/mol. The number of methoxy groups -OCH3 is 1. The average Bonchev–Trinajstić information content (AvgIpc) is 2.72. The van der Waals surface area contributed by atoms with Gasteiger partial charge in [-0.2, -0.15) is 0 Å². The highest BCUT2D eigenvalue weighted by Gasteiger charge is 2.14. The van der Waals surface area contributed by atoms with Gasteiger partial charge in [-0.15, -0.1) is 0 Å². The summed E-state index contributed by atoms with van der Waals surface area (Å²) in [4.78, 5) is 24.0. The highest BCUT2D eigenvalue weighted by atomic mass is 16.5. The van der Waals surface area contributed by atoms with Crippen molar-refractivity contribution in [1.29, 1.82) is 0 Å². The number of carbonyl (C=O) groups is 1. The third-order valence-corrected chi connectivity index (χ3v) is 4.73. The monoisotopic (exact) mass is 396 g/mol. The van der Waals surface area contributed by atoms with E-state index in [1.807, 2.05) is 43.3 Å². The van der Waals surface area contributed by atoms with E-state index >= 15 is 0 Å². The minimum absolute atomic E-state index is 0.144. The molecule has 0 spiro atoms. The van der Waals surface area contributed by atoms with Crippen LogP contribution in [0.25, 0.3) is 11.0 Å². The molecule has 0 aliphatic rings. The molecule has 152 valence electrons. The van der Waals surface area contributed by atoms with Gasteiger partial charge in [0.2, 0.25) is 0 Å². The van der Waals surface area contributed by atoms with Crippen LogP contribution in [-0.2, 0) is 22.6 Å². The van der Waals surface area contributed by atoms with Gasteiger partial charge in [-0.25, -0.2) is 4.79 Å². The Kier molecular flexibility index (Phi) is 6.54. The Morgan fingerprint density at radius 2 is 1.93 bits per heavy atom. The van der Waals surface area contributed by atoms with E-state index in [9.17, 15) is 9.59 Å². The van der Waals surface area contributed by atoms with E-state index in [0.717, 1.165) is 22.3 Å². The molecule has 0 N–H and O–H groups in total.